The van der Waals surface area contributed by atoms with Crippen molar-refractivity contribution in [3.8, 4) is 0 Å². The molecule has 0 amide bonds. The molecule has 1 aliphatic heterocycles. The summed E-state index contributed by atoms with van der Waals surface area (Å²) in [5.41, 5.74) is -0.850. The molecule has 1 N–H and O–H groups in total. The first-order chi connectivity index (χ1) is 7.06. The third-order valence-electron chi connectivity index (χ3n) is 2.92. The Balaban J connectivity index is 2.46. The van der Waals surface area contributed by atoms with Crippen LogP contribution >= 0.6 is 0 Å². The second-order valence-electron chi connectivity index (χ2n) is 4.36. The summed E-state index contributed by atoms with van der Waals surface area (Å²) < 4.78 is 4.86. The molecule has 0 saturated carbocycles. The molecule has 0 radical (unpaired) electrons. The first-order valence-electron chi connectivity index (χ1n) is 5.62. The van der Waals surface area contributed by atoms with Crippen molar-refractivity contribution in [2.45, 2.75) is 38.2 Å². The Morgan fingerprint density at radius 3 is 2.87 bits per heavy atom. The highest BCUT2D eigenvalue weighted by molar-refractivity contribution is 5.70. The summed E-state index contributed by atoms with van der Waals surface area (Å²) in [6.07, 6.45) is 2.42. The molecular formula is C11H21NO3. The summed E-state index contributed by atoms with van der Waals surface area (Å²) in [6.45, 7) is 4.00. The second-order valence-corrected chi connectivity index (χ2v) is 4.36. The molecule has 0 spiro atoms. The number of carbonyl (C=O) groups excluding carboxylic acids is 1. The summed E-state index contributed by atoms with van der Waals surface area (Å²) in [5, 5.41) is 10.2. The Morgan fingerprint density at radius 2 is 2.20 bits per heavy atom. The highest BCUT2D eigenvalue weighted by Gasteiger charge is 2.32. The highest BCUT2D eigenvalue weighted by Crippen LogP contribution is 2.25. The van der Waals surface area contributed by atoms with Gasteiger partial charge in [0, 0.05) is 6.54 Å². The first kappa shape index (κ1) is 12.5. The van der Waals surface area contributed by atoms with Crippen LogP contribution in [0, 0.1) is 0 Å². The average molecular weight is 215 g/mol. The molecule has 4 heteroatoms. The minimum absolute atomic E-state index is 0.134. The number of hydrogen-bond acceptors (Lipinski definition) is 4. The van der Waals surface area contributed by atoms with Crippen LogP contribution in [0.25, 0.3) is 0 Å². The van der Waals surface area contributed by atoms with Crippen LogP contribution in [0.5, 0.6) is 0 Å². The van der Waals surface area contributed by atoms with Crippen molar-refractivity contribution in [3.05, 3.63) is 0 Å². The van der Waals surface area contributed by atoms with Crippen molar-refractivity contribution in [1.29, 1.82) is 0 Å². The molecule has 0 aliphatic carbocycles. The number of rotatable bonds is 3. The number of carbonyl (C=O) groups is 1. The number of likely N-dealkylation sites (tertiary alicyclic amines) is 1. The zero-order valence-corrected chi connectivity index (χ0v) is 9.66. The molecule has 0 bridgehead atoms. The summed E-state index contributed by atoms with van der Waals surface area (Å²) >= 11 is 0. The quantitative estimate of drug-likeness (QED) is 0.707. The number of aliphatic hydroxyl groups is 1. The molecule has 1 heterocycles. The topological polar surface area (TPSA) is 49.8 Å². The summed E-state index contributed by atoms with van der Waals surface area (Å²) in [6, 6.07) is 0. The fraction of sp³-hybridized carbons (Fsp3) is 0.909. The molecule has 0 aromatic carbocycles. The smallest absolute Gasteiger partial charge is 0.308 e. The molecule has 1 fully saturated rings. The van der Waals surface area contributed by atoms with Gasteiger partial charge in [-0.2, -0.15) is 0 Å². The van der Waals surface area contributed by atoms with Gasteiger partial charge in [-0.25, -0.2) is 0 Å². The monoisotopic (exact) mass is 215 g/mol. The second kappa shape index (κ2) is 5.47. The number of ether oxygens (including phenoxy) is 1. The van der Waals surface area contributed by atoms with E-state index in [1.54, 1.807) is 6.92 Å². The maximum atomic E-state index is 11.3. The van der Waals surface area contributed by atoms with Gasteiger partial charge in [-0.05, 0) is 39.8 Å². The van der Waals surface area contributed by atoms with Crippen LogP contribution in [0.2, 0.25) is 0 Å². The predicted octanol–water partition coefficient (Wildman–Crippen LogP) is 0.786. The average Bonchev–Trinajstić information content (AvgIpc) is 2.29. The maximum absolute atomic E-state index is 11.3. The van der Waals surface area contributed by atoms with Gasteiger partial charge >= 0.3 is 5.97 Å². The first-order valence-corrected chi connectivity index (χ1v) is 5.62. The molecule has 0 aromatic rings. The molecule has 88 valence electrons. The fourth-order valence-electron chi connectivity index (χ4n) is 1.97. The van der Waals surface area contributed by atoms with Crippen LogP contribution in [-0.4, -0.2) is 48.3 Å². The largest absolute Gasteiger partial charge is 0.466 e. The lowest BCUT2D eigenvalue weighted by Gasteiger charge is -2.25. The van der Waals surface area contributed by atoms with Crippen molar-refractivity contribution >= 4 is 5.97 Å². The van der Waals surface area contributed by atoms with Crippen LogP contribution in [0.4, 0.5) is 0 Å². The molecule has 0 aromatic heterocycles. The van der Waals surface area contributed by atoms with E-state index in [1.165, 1.54) is 0 Å². The molecule has 1 rings (SSSR count). The van der Waals surface area contributed by atoms with Crippen molar-refractivity contribution < 1.29 is 14.6 Å². The zero-order chi connectivity index (χ0) is 11.3. The number of esters is 1. The van der Waals surface area contributed by atoms with Gasteiger partial charge < -0.3 is 14.7 Å². The lowest BCUT2D eigenvalue weighted by molar-refractivity contribution is -0.149. The van der Waals surface area contributed by atoms with Gasteiger partial charge in [0.1, 0.15) is 0 Å². The van der Waals surface area contributed by atoms with Gasteiger partial charge in [0.05, 0.1) is 18.6 Å². The van der Waals surface area contributed by atoms with E-state index in [4.69, 9.17) is 4.74 Å². The van der Waals surface area contributed by atoms with Gasteiger partial charge in [-0.1, -0.05) is 0 Å². The van der Waals surface area contributed by atoms with E-state index in [2.05, 4.69) is 4.90 Å². The third kappa shape index (κ3) is 4.18. The fourth-order valence-corrected chi connectivity index (χ4v) is 1.97. The van der Waals surface area contributed by atoms with E-state index in [-0.39, 0.29) is 12.4 Å². The third-order valence-corrected chi connectivity index (χ3v) is 2.92. The Morgan fingerprint density at radius 1 is 1.47 bits per heavy atom. The van der Waals surface area contributed by atoms with Crippen LogP contribution in [0.1, 0.15) is 32.6 Å². The summed E-state index contributed by atoms with van der Waals surface area (Å²) in [4.78, 5) is 13.5. The Hall–Kier alpha value is -0.610. The normalized spacial score (nSPS) is 28.5. The number of nitrogens with zero attached hydrogens (tertiary/aromatic N) is 1. The van der Waals surface area contributed by atoms with E-state index in [9.17, 15) is 9.90 Å². The molecule has 1 atom stereocenters. The Labute approximate surface area is 91.2 Å². The van der Waals surface area contributed by atoms with Crippen LogP contribution in [-0.2, 0) is 9.53 Å². The molecular weight excluding hydrogens is 194 g/mol. The van der Waals surface area contributed by atoms with E-state index in [0.717, 1.165) is 19.5 Å². The highest BCUT2D eigenvalue weighted by atomic mass is 16.5. The zero-order valence-electron chi connectivity index (χ0n) is 9.66. The van der Waals surface area contributed by atoms with Crippen molar-refractivity contribution in [2.75, 3.05) is 26.7 Å². The molecule has 1 unspecified atom stereocenters. The Bertz CT molecular complexity index is 220. The van der Waals surface area contributed by atoms with Crippen LogP contribution in [0.15, 0.2) is 0 Å². The molecule has 1 aliphatic rings. The Kier molecular flexibility index (Phi) is 4.54. The summed E-state index contributed by atoms with van der Waals surface area (Å²) in [7, 11) is 2.04. The molecule has 4 nitrogen and oxygen atoms in total. The van der Waals surface area contributed by atoms with Gasteiger partial charge in [0.25, 0.3) is 0 Å². The lowest BCUT2D eigenvalue weighted by Crippen LogP contribution is -2.33. The van der Waals surface area contributed by atoms with Gasteiger partial charge in [0.2, 0.25) is 0 Å². The van der Waals surface area contributed by atoms with E-state index < -0.39 is 5.60 Å². The number of hydrogen-bond donors (Lipinski definition) is 1. The van der Waals surface area contributed by atoms with Crippen LogP contribution in [0.3, 0.4) is 0 Å². The van der Waals surface area contributed by atoms with Crippen molar-refractivity contribution in [1.82, 2.24) is 4.90 Å². The van der Waals surface area contributed by atoms with E-state index in [1.807, 2.05) is 7.05 Å². The SMILES string of the molecule is CCOC(=O)CC1(O)CCCN(C)CC1. The summed E-state index contributed by atoms with van der Waals surface area (Å²) in [5.74, 6) is -0.287. The van der Waals surface area contributed by atoms with Gasteiger partial charge in [-0.3, -0.25) is 4.79 Å². The maximum Gasteiger partial charge on any atom is 0.308 e. The lowest BCUT2D eigenvalue weighted by atomic mass is 9.91. The predicted molar refractivity (Wildman–Crippen MR) is 57.5 cm³/mol. The van der Waals surface area contributed by atoms with Crippen molar-refractivity contribution in [2.24, 2.45) is 0 Å². The van der Waals surface area contributed by atoms with Crippen molar-refractivity contribution in [3.63, 3.8) is 0 Å². The van der Waals surface area contributed by atoms with Crippen LogP contribution < -0.4 is 0 Å². The van der Waals surface area contributed by atoms with Gasteiger partial charge in [-0.15, -0.1) is 0 Å². The minimum atomic E-state index is -0.850. The van der Waals surface area contributed by atoms with E-state index in [0.29, 0.717) is 19.4 Å². The molecule has 15 heavy (non-hydrogen) atoms. The van der Waals surface area contributed by atoms with Gasteiger partial charge in [0.15, 0.2) is 0 Å². The standard InChI is InChI=1S/C11H21NO3/c1-3-15-10(13)9-11(14)5-4-7-12(2)8-6-11/h14H,3-9H2,1-2H3. The minimum Gasteiger partial charge on any atom is -0.466 e. The molecule has 1 saturated heterocycles. The van der Waals surface area contributed by atoms with E-state index >= 15 is 0 Å².